The van der Waals surface area contributed by atoms with Crippen LogP contribution in [-0.4, -0.2) is 0 Å². The van der Waals surface area contributed by atoms with E-state index >= 15 is 0 Å². The molecule has 204 valence electrons. The Labute approximate surface area is 255 Å². The number of benzene rings is 7. The van der Waals surface area contributed by atoms with Gasteiger partial charge in [-0.15, -0.1) is 11.3 Å². The third-order valence-corrected chi connectivity index (χ3v) is 10.6. The zero-order chi connectivity index (χ0) is 28.7. The minimum atomic E-state index is -0.0184. The molecule has 1 nitrogen and oxygen atoms in total. The molecule has 0 aliphatic heterocycles. The van der Waals surface area contributed by atoms with Gasteiger partial charge in [0.05, 0.1) is 5.69 Å². The molecule has 0 spiro atoms. The summed E-state index contributed by atoms with van der Waals surface area (Å²) in [4.78, 5) is 2.45. The lowest BCUT2D eigenvalue weighted by Crippen LogP contribution is -2.15. The molecule has 0 N–H and O–H groups in total. The monoisotopic (exact) mass is 567 g/mol. The Hall–Kier alpha value is -4.92. The van der Waals surface area contributed by atoms with Gasteiger partial charge in [-0.05, 0) is 74.8 Å². The fourth-order valence-electron chi connectivity index (χ4n) is 7.39. The first-order valence-corrected chi connectivity index (χ1v) is 15.8. The summed E-state index contributed by atoms with van der Waals surface area (Å²) in [7, 11) is 0. The maximum atomic E-state index is 2.45. The molecule has 0 saturated heterocycles. The largest absolute Gasteiger partial charge is 0.310 e. The summed E-state index contributed by atoms with van der Waals surface area (Å²) in [6.45, 7) is 4.69. The third-order valence-electron chi connectivity index (χ3n) is 9.43. The molecule has 9 rings (SSSR count). The highest BCUT2D eigenvalue weighted by Gasteiger charge is 2.35. The van der Waals surface area contributed by atoms with Gasteiger partial charge in [-0.1, -0.05) is 117 Å². The van der Waals surface area contributed by atoms with E-state index in [-0.39, 0.29) is 5.41 Å². The number of anilines is 3. The van der Waals surface area contributed by atoms with Crippen molar-refractivity contribution >= 4 is 70.1 Å². The average Bonchev–Trinajstić information content (AvgIpc) is 3.54. The van der Waals surface area contributed by atoms with Crippen molar-refractivity contribution in [1.29, 1.82) is 0 Å². The smallest absolute Gasteiger partial charge is 0.0554 e. The predicted molar refractivity (Wildman–Crippen MR) is 187 cm³/mol. The Balaban J connectivity index is 1.34. The number of para-hydroxylation sites is 1. The minimum absolute atomic E-state index is 0.0184. The van der Waals surface area contributed by atoms with Crippen molar-refractivity contribution in [1.82, 2.24) is 0 Å². The van der Waals surface area contributed by atoms with Crippen molar-refractivity contribution in [2.45, 2.75) is 19.3 Å². The first kappa shape index (κ1) is 24.7. The van der Waals surface area contributed by atoms with Gasteiger partial charge in [0, 0.05) is 42.3 Å². The fourth-order valence-corrected chi connectivity index (χ4v) is 8.68. The van der Waals surface area contributed by atoms with E-state index in [0.29, 0.717) is 0 Å². The van der Waals surface area contributed by atoms with Crippen LogP contribution in [0.4, 0.5) is 17.1 Å². The molecule has 0 fully saturated rings. The second kappa shape index (κ2) is 9.04. The molecule has 1 aliphatic carbocycles. The number of hydrogen-bond acceptors (Lipinski definition) is 2. The molecule has 0 radical (unpaired) electrons. The van der Waals surface area contributed by atoms with Crippen molar-refractivity contribution < 1.29 is 0 Å². The van der Waals surface area contributed by atoms with E-state index < -0.39 is 0 Å². The topological polar surface area (TPSA) is 3.24 Å². The third kappa shape index (κ3) is 3.51. The first-order valence-electron chi connectivity index (χ1n) is 14.9. The van der Waals surface area contributed by atoms with Crippen molar-refractivity contribution in [3.63, 3.8) is 0 Å². The summed E-state index contributed by atoms with van der Waals surface area (Å²) in [5.41, 5.74) is 8.99. The highest BCUT2D eigenvalue weighted by atomic mass is 32.1. The lowest BCUT2D eigenvalue weighted by molar-refractivity contribution is 0.660. The van der Waals surface area contributed by atoms with Crippen molar-refractivity contribution in [2.75, 3.05) is 4.90 Å². The number of rotatable bonds is 3. The number of thiophene rings is 1. The molecule has 0 atom stereocenters. The molecule has 0 unspecified atom stereocenters. The van der Waals surface area contributed by atoms with Gasteiger partial charge in [0.25, 0.3) is 0 Å². The van der Waals surface area contributed by atoms with Crippen molar-refractivity contribution in [2.24, 2.45) is 0 Å². The van der Waals surface area contributed by atoms with Crippen molar-refractivity contribution in [3.05, 3.63) is 151 Å². The molecule has 2 heteroatoms. The molecule has 1 aliphatic rings. The first-order chi connectivity index (χ1) is 21.1. The molecular formula is C41H29NS. The molecule has 0 bridgehead atoms. The van der Waals surface area contributed by atoms with Crippen molar-refractivity contribution in [3.8, 4) is 11.1 Å². The molecule has 43 heavy (non-hydrogen) atoms. The molecule has 1 aromatic heterocycles. The van der Waals surface area contributed by atoms with Gasteiger partial charge in [-0.3, -0.25) is 0 Å². The van der Waals surface area contributed by atoms with Crippen LogP contribution in [0.25, 0.3) is 52.8 Å². The van der Waals surface area contributed by atoms with E-state index in [1.54, 1.807) is 0 Å². The molecule has 0 saturated carbocycles. The van der Waals surface area contributed by atoms with Crippen LogP contribution in [0.5, 0.6) is 0 Å². The second-order valence-corrected chi connectivity index (χ2v) is 13.2. The summed E-state index contributed by atoms with van der Waals surface area (Å²) in [6.07, 6.45) is 0. The van der Waals surface area contributed by atoms with Crippen LogP contribution in [0.3, 0.4) is 0 Å². The molecule has 1 heterocycles. The van der Waals surface area contributed by atoms with Gasteiger partial charge in [0.15, 0.2) is 0 Å². The summed E-state index contributed by atoms with van der Waals surface area (Å²) in [5, 5.41) is 7.87. The van der Waals surface area contributed by atoms with Gasteiger partial charge in [-0.2, -0.15) is 0 Å². The maximum absolute atomic E-state index is 2.45. The molecular weight excluding hydrogens is 539 g/mol. The molecule has 0 amide bonds. The van der Waals surface area contributed by atoms with Crippen LogP contribution in [0, 0.1) is 0 Å². The Bertz CT molecular complexity index is 2380. The van der Waals surface area contributed by atoms with E-state index in [2.05, 4.69) is 158 Å². The number of nitrogens with zero attached hydrogens (tertiary/aromatic N) is 1. The number of hydrogen-bond donors (Lipinski definition) is 0. The van der Waals surface area contributed by atoms with Crippen LogP contribution in [-0.2, 0) is 5.41 Å². The van der Waals surface area contributed by atoms with Crippen LogP contribution < -0.4 is 4.90 Å². The Kier molecular flexibility index (Phi) is 5.18. The minimum Gasteiger partial charge on any atom is -0.310 e. The zero-order valence-corrected chi connectivity index (χ0v) is 25.0. The molecule has 8 aromatic rings. The van der Waals surface area contributed by atoms with E-state index in [4.69, 9.17) is 0 Å². The van der Waals surface area contributed by atoms with E-state index in [0.717, 1.165) is 5.69 Å². The Morgan fingerprint density at radius 1 is 0.512 bits per heavy atom. The quantitative estimate of drug-likeness (QED) is 0.192. The van der Waals surface area contributed by atoms with E-state index in [1.807, 2.05) is 11.3 Å². The van der Waals surface area contributed by atoms with Gasteiger partial charge in [0.1, 0.15) is 0 Å². The summed E-state index contributed by atoms with van der Waals surface area (Å²) in [6, 6.07) is 51.5. The van der Waals surface area contributed by atoms with E-state index in [1.165, 1.54) is 75.3 Å². The lowest BCUT2D eigenvalue weighted by atomic mass is 9.82. The predicted octanol–water partition coefficient (Wildman–Crippen LogP) is 12.1. The Morgan fingerprint density at radius 2 is 1.26 bits per heavy atom. The number of fused-ring (bicyclic) bond motifs is 10. The highest BCUT2D eigenvalue weighted by Crippen LogP contribution is 2.52. The Morgan fingerprint density at radius 3 is 2.16 bits per heavy atom. The average molecular weight is 568 g/mol. The summed E-state index contributed by atoms with van der Waals surface area (Å²) in [5.74, 6) is 0. The van der Waals surface area contributed by atoms with Crippen LogP contribution in [0.1, 0.15) is 25.0 Å². The fraction of sp³-hybridized carbons (Fsp3) is 0.0732. The van der Waals surface area contributed by atoms with Crippen LogP contribution >= 0.6 is 11.3 Å². The van der Waals surface area contributed by atoms with Gasteiger partial charge in [-0.25, -0.2) is 0 Å². The highest BCUT2D eigenvalue weighted by molar-refractivity contribution is 7.27. The maximum Gasteiger partial charge on any atom is 0.0554 e. The molecule has 7 aromatic carbocycles. The van der Waals surface area contributed by atoms with Gasteiger partial charge < -0.3 is 4.90 Å². The van der Waals surface area contributed by atoms with E-state index in [9.17, 15) is 0 Å². The van der Waals surface area contributed by atoms with Crippen LogP contribution in [0.2, 0.25) is 0 Å². The standard InChI is InChI=1S/C41H29NS/c1-41(2)34-16-9-8-15-31(34)33-25-29(22-24-35(33)41)42(28-12-4-3-5-13-28)36-17-10-18-37-39(36)32-23-21-27-20-19-26-11-6-7-14-30(26)38(27)40(32)43-37/h3-25H,1-2H3. The van der Waals surface area contributed by atoms with Gasteiger partial charge in [0.2, 0.25) is 0 Å². The van der Waals surface area contributed by atoms with Gasteiger partial charge >= 0.3 is 0 Å². The SMILES string of the molecule is CC1(C)c2ccccc2-c2cc(N(c3ccccc3)c3cccc4sc5c(ccc6ccc7ccccc7c65)c34)ccc21. The lowest BCUT2D eigenvalue weighted by Gasteiger charge is -2.28. The summed E-state index contributed by atoms with van der Waals surface area (Å²) >= 11 is 1.91. The second-order valence-electron chi connectivity index (χ2n) is 12.2. The normalized spacial score (nSPS) is 13.5. The zero-order valence-electron chi connectivity index (χ0n) is 24.1. The summed E-state index contributed by atoms with van der Waals surface area (Å²) < 4.78 is 2.66. The van der Waals surface area contributed by atoms with Crippen LogP contribution in [0.15, 0.2) is 140 Å².